The number of hydrogen-bond acceptors (Lipinski definition) is 5. The molecule has 0 aliphatic rings. The number of urea groups is 1. The lowest BCUT2D eigenvalue weighted by atomic mass is 10.3. The average molecular weight is 328 g/mol. The largest absolute Gasteiger partial charge is 0.733 e. The standard InChI is InChI=1S/C12H9Cl2N4O3/c13-9-3-1-7(5-10(9)14)16-12(19)17-11-4-2-8(6-15-11)18(20)21/h1-6,20H,(H2,15,16,17,19)/q-1. The first kappa shape index (κ1) is 15.3. The lowest BCUT2D eigenvalue weighted by Gasteiger charge is -2.20. The minimum atomic E-state index is -0.545. The average Bonchev–Trinajstić information content (AvgIpc) is 2.43. The molecule has 1 aromatic heterocycles. The fourth-order valence-electron chi connectivity index (χ4n) is 1.43. The van der Waals surface area contributed by atoms with Gasteiger partial charge in [0.2, 0.25) is 0 Å². The van der Waals surface area contributed by atoms with Crippen LogP contribution in [-0.2, 0) is 0 Å². The zero-order valence-electron chi connectivity index (χ0n) is 10.4. The number of nitrogens with zero attached hydrogens (tertiary/aromatic N) is 2. The fourth-order valence-corrected chi connectivity index (χ4v) is 1.72. The van der Waals surface area contributed by atoms with Gasteiger partial charge in [-0.3, -0.25) is 10.5 Å². The van der Waals surface area contributed by atoms with Gasteiger partial charge in [-0.1, -0.05) is 23.2 Å². The summed E-state index contributed by atoms with van der Waals surface area (Å²) in [4.78, 5) is 15.5. The molecule has 2 amide bonds. The van der Waals surface area contributed by atoms with Crippen LogP contribution in [0.5, 0.6) is 0 Å². The van der Waals surface area contributed by atoms with Gasteiger partial charge in [-0.15, -0.1) is 0 Å². The molecule has 0 atom stereocenters. The van der Waals surface area contributed by atoms with Gasteiger partial charge < -0.3 is 15.8 Å². The maximum absolute atomic E-state index is 11.7. The monoisotopic (exact) mass is 327 g/mol. The first-order chi connectivity index (χ1) is 9.95. The highest BCUT2D eigenvalue weighted by atomic mass is 35.5. The van der Waals surface area contributed by atoms with Crippen molar-refractivity contribution in [3.63, 3.8) is 0 Å². The molecule has 7 nitrogen and oxygen atoms in total. The summed E-state index contributed by atoms with van der Waals surface area (Å²) in [6, 6.07) is 6.76. The molecule has 3 N–H and O–H groups in total. The summed E-state index contributed by atoms with van der Waals surface area (Å²) < 4.78 is 0. The number of pyridine rings is 1. The van der Waals surface area contributed by atoms with Crippen LogP contribution in [0.1, 0.15) is 0 Å². The van der Waals surface area contributed by atoms with Gasteiger partial charge in [-0.2, -0.15) is 0 Å². The van der Waals surface area contributed by atoms with Crippen molar-refractivity contribution in [2.75, 3.05) is 15.9 Å². The molecule has 0 saturated heterocycles. The smallest absolute Gasteiger partial charge is 0.324 e. The Labute approximate surface area is 129 Å². The highest BCUT2D eigenvalue weighted by Crippen LogP contribution is 2.25. The summed E-state index contributed by atoms with van der Waals surface area (Å²) in [5.74, 6) is 0.207. The molecular weight excluding hydrogens is 319 g/mol. The van der Waals surface area contributed by atoms with E-state index in [0.29, 0.717) is 15.7 Å². The van der Waals surface area contributed by atoms with Crippen LogP contribution in [0.2, 0.25) is 10.0 Å². The summed E-state index contributed by atoms with van der Waals surface area (Å²) in [7, 11) is 0. The molecule has 0 aliphatic carbocycles. The molecule has 0 spiro atoms. The number of amides is 2. The molecule has 21 heavy (non-hydrogen) atoms. The number of aromatic nitrogens is 1. The Morgan fingerprint density at radius 2 is 1.95 bits per heavy atom. The van der Waals surface area contributed by atoms with Crippen molar-refractivity contribution in [3.05, 3.63) is 51.8 Å². The summed E-state index contributed by atoms with van der Waals surface area (Å²) in [5, 5.41) is 24.6. The van der Waals surface area contributed by atoms with Crippen LogP contribution >= 0.6 is 23.2 Å². The molecule has 9 heteroatoms. The third-order valence-electron chi connectivity index (χ3n) is 2.39. The van der Waals surface area contributed by atoms with Gasteiger partial charge in [0.15, 0.2) is 0 Å². The van der Waals surface area contributed by atoms with E-state index in [-0.39, 0.29) is 16.7 Å². The first-order valence-electron chi connectivity index (χ1n) is 5.61. The Morgan fingerprint density at radius 3 is 2.52 bits per heavy atom. The van der Waals surface area contributed by atoms with Crippen LogP contribution in [0.3, 0.4) is 0 Å². The number of benzene rings is 1. The Kier molecular flexibility index (Phi) is 4.81. The topological polar surface area (TPSA) is 101 Å². The molecule has 0 unspecified atom stereocenters. The molecule has 110 valence electrons. The molecule has 0 radical (unpaired) electrons. The van der Waals surface area contributed by atoms with Crippen molar-refractivity contribution in [3.8, 4) is 0 Å². The second kappa shape index (κ2) is 6.59. The Morgan fingerprint density at radius 1 is 1.19 bits per heavy atom. The van der Waals surface area contributed by atoms with Crippen molar-refractivity contribution in [1.29, 1.82) is 0 Å². The second-order valence-electron chi connectivity index (χ2n) is 3.88. The summed E-state index contributed by atoms with van der Waals surface area (Å²) in [6.45, 7) is 0. The lowest BCUT2D eigenvalue weighted by molar-refractivity contribution is 0.262. The van der Waals surface area contributed by atoms with Gasteiger partial charge in [-0.25, -0.2) is 9.78 Å². The van der Waals surface area contributed by atoms with E-state index in [9.17, 15) is 10.0 Å². The Bertz CT molecular complexity index is 649. The normalized spacial score (nSPS) is 10.1. The molecule has 1 heterocycles. The van der Waals surface area contributed by atoms with E-state index in [4.69, 9.17) is 28.4 Å². The van der Waals surface area contributed by atoms with E-state index >= 15 is 0 Å². The van der Waals surface area contributed by atoms with Crippen LogP contribution in [0.25, 0.3) is 0 Å². The molecule has 2 rings (SSSR count). The summed E-state index contributed by atoms with van der Waals surface area (Å²) >= 11 is 11.6. The van der Waals surface area contributed by atoms with E-state index in [1.54, 1.807) is 12.1 Å². The van der Waals surface area contributed by atoms with E-state index in [1.807, 2.05) is 0 Å². The van der Waals surface area contributed by atoms with Crippen LogP contribution in [0.15, 0.2) is 36.5 Å². The number of carbonyl (C=O) groups is 1. The van der Waals surface area contributed by atoms with E-state index in [2.05, 4.69) is 15.6 Å². The minimum Gasteiger partial charge on any atom is -0.733 e. The number of hydrogen-bond donors (Lipinski definition) is 3. The zero-order valence-corrected chi connectivity index (χ0v) is 11.9. The molecule has 0 bridgehead atoms. The SMILES string of the molecule is O=C(Nc1ccc(Cl)c(Cl)c1)Nc1ccc(N([O-])O)cn1. The van der Waals surface area contributed by atoms with E-state index in [0.717, 1.165) is 6.20 Å². The summed E-state index contributed by atoms with van der Waals surface area (Å²) in [6.07, 6.45) is 1.11. The van der Waals surface area contributed by atoms with Gasteiger partial charge in [0, 0.05) is 5.69 Å². The van der Waals surface area contributed by atoms with Gasteiger partial charge in [0.1, 0.15) is 5.82 Å². The maximum atomic E-state index is 11.7. The van der Waals surface area contributed by atoms with Gasteiger partial charge in [0.25, 0.3) is 0 Å². The minimum absolute atomic E-state index is 0.0505. The van der Waals surface area contributed by atoms with Crippen molar-refractivity contribution in [1.82, 2.24) is 4.98 Å². The van der Waals surface area contributed by atoms with Crippen molar-refractivity contribution in [2.24, 2.45) is 0 Å². The quantitative estimate of drug-likeness (QED) is 0.746. The predicted octanol–water partition coefficient (Wildman–Crippen LogP) is 3.73. The first-order valence-corrected chi connectivity index (χ1v) is 6.36. The van der Waals surface area contributed by atoms with Crippen LogP contribution in [0.4, 0.5) is 22.0 Å². The third kappa shape index (κ3) is 4.20. The number of anilines is 3. The Balaban J connectivity index is 1.99. The predicted molar refractivity (Wildman–Crippen MR) is 81.0 cm³/mol. The third-order valence-corrected chi connectivity index (χ3v) is 3.13. The van der Waals surface area contributed by atoms with Gasteiger partial charge in [0.05, 0.1) is 21.9 Å². The van der Waals surface area contributed by atoms with Gasteiger partial charge in [-0.05, 0) is 30.3 Å². The van der Waals surface area contributed by atoms with E-state index in [1.165, 1.54) is 18.2 Å². The summed E-state index contributed by atoms with van der Waals surface area (Å²) in [5.41, 5.74) is 0.407. The maximum Gasteiger partial charge on any atom is 0.324 e. The molecule has 1 aromatic carbocycles. The molecule has 2 aromatic rings. The van der Waals surface area contributed by atoms with Crippen LogP contribution in [-0.4, -0.2) is 16.2 Å². The molecule has 0 fully saturated rings. The number of carbonyl (C=O) groups excluding carboxylic acids is 1. The van der Waals surface area contributed by atoms with Crippen LogP contribution < -0.4 is 15.9 Å². The van der Waals surface area contributed by atoms with Crippen molar-refractivity contribution in [2.45, 2.75) is 0 Å². The molecule has 0 aliphatic heterocycles. The van der Waals surface area contributed by atoms with Crippen molar-refractivity contribution < 1.29 is 10.0 Å². The van der Waals surface area contributed by atoms with Gasteiger partial charge >= 0.3 is 6.03 Å². The van der Waals surface area contributed by atoms with E-state index < -0.39 is 6.03 Å². The fraction of sp³-hybridized carbons (Fsp3) is 0. The second-order valence-corrected chi connectivity index (χ2v) is 4.70. The molecule has 0 saturated carbocycles. The number of rotatable bonds is 3. The van der Waals surface area contributed by atoms with Crippen LogP contribution in [0, 0.1) is 5.21 Å². The Hall–Kier alpha value is -2.06. The zero-order chi connectivity index (χ0) is 15.4. The highest BCUT2D eigenvalue weighted by molar-refractivity contribution is 6.42. The lowest BCUT2D eigenvalue weighted by Crippen LogP contribution is -2.20. The highest BCUT2D eigenvalue weighted by Gasteiger charge is 2.05. The molecular formula is C12H9Cl2N4O3-. The number of halogens is 2. The number of nitrogens with one attached hydrogen (secondary N) is 2. The van der Waals surface area contributed by atoms with Crippen molar-refractivity contribution >= 4 is 46.4 Å².